The lowest BCUT2D eigenvalue weighted by Crippen LogP contribution is -2.31. The Morgan fingerprint density at radius 2 is 1.67 bits per heavy atom. The summed E-state index contributed by atoms with van der Waals surface area (Å²) in [6.07, 6.45) is 2.44. The van der Waals surface area contributed by atoms with Gasteiger partial charge in [0.05, 0.1) is 30.2 Å². The molecule has 0 radical (unpaired) electrons. The van der Waals surface area contributed by atoms with E-state index >= 15 is 0 Å². The fourth-order valence-corrected chi connectivity index (χ4v) is 6.71. The Balaban J connectivity index is 1.04. The highest BCUT2D eigenvalue weighted by Crippen LogP contribution is 2.39. The molecule has 12 heteroatoms. The van der Waals surface area contributed by atoms with Gasteiger partial charge in [-0.1, -0.05) is 90.6 Å². The van der Waals surface area contributed by atoms with E-state index in [1.807, 2.05) is 66.2 Å². The predicted octanol–water partition coefficient (Wildman–Crippen LogP) is 6.32. The van der Waals surface area contributed by atoms with E-state index in [0.29, 0.717) is 36.5 Å². The Morgan fingerprint density at radius 1 is 0.902 bits per heavy atom. The van der Waals surface area contributed by atoms with Gasteiger partial charge >= 0.3 is 0 Å². The van der Waals surface area contributed by atoms with E-state index in [9.17, 15) is 14.7 Å². The zero-order valence-electron chi connectivity index (χ0n) is 28.4. The van der Waals surface area contributed by atoms with Crippen molar-refractivity contribution < 1.29 is 24.2 Å². The van der Waals surface area contributed by atoms with Crippen molar-refractivity contribution in [3.8, 4) is 11.1 Å². The summed E-state index contributed by atoms with van der Waals surface area (Å²) in [5.74, 6) is 0.407. The summed E-state index contributed by atoms with van der Waals surface area (Å²) in [5, 5.41) is 24.3. The number of nitrogen functional groups attached to an aromatic ring is 1. The number of carbonyl (C=O) groups excluding carboxylic acids is 2. The number of para-hydroxylation sites is 2. The number of aliphatic hydroxyl groups excluding tert-OH is 1. The van der Waals surface area contributed by atoms with Crippen molar-refractivity contribution in [2.45, 2.75) is 62.5 Å². The van der Waals surface area contributed by atoms with Crippen molar-refractivity contribution in [3.05, 3.63) is 126 Å². The SMILES string of the molecule is Cn1cnnc1SC[C@H]1C[C@@H](c2ccc(CO)cc2)O[C@@H](c2ccc(-c3cccc(CNC(=O)CCCC(=O)Nc4ccccc4N)c3)cc2)O1. The maximum atomic E-state index is 12.5. The number of aliphatic hydroxyl groups is 1. The number of thioether (sulfide) groups is 1. The Morgan fingerprint density at radius 3 is 2.41 bits per heavy atom. The second kappa shape index (κ2) is 17.3. The number of nitrogens with two attached hydrogens (primary N) is 1. The van der Waals surface area contributed by atoms with E-state index in [-0.39, 0.29) is 43.5 Å². The van der Waals surface area contributed by atoms with Crippen LogP contribution in [0.4, 0.5) is 11.4 Å². The smallest absolute Gasteiger partial charge is 0.224 e. The van der Waals surface area contributed by atoms with E-state index in [1.54, 1.807) is 42.4 Å². The van der Waals surface area contributed by atoms with Gasteiger partial charge in [-0.15, -0.1) is 10.2 Å². The van der Waals surface area contributed by atoms with Crippen LogP contribution in [0.5, 0.6) is 0 Å². The molecule has 1 aromatic heterocycles. The molecule has 0 spiro atoms. The van der Waals surface area contributed by atoms with Gasteiger partial charge < -0.3 is 35.5 Å². The molecule has 0 saturated carbocycles. The van der Waals surface area contributed by atoms with Crippen molar-refractivity contribution in [3.63, 3.8) is 0 Å². The van der Waals surface area contributed by atoms with Crippen LogP contribution in [-0.4, -0.2) is 43.5 Å². The van der Waals surface area contributed by atoms with Gasteiger partial charge in [0.15, 0.2) is 11.4 Å². The van der Waals surface area contributed by atoms with Gasteiger partial charge in [-0.3, -0.25) is 9.59 Å². The summed E-state index contributed by atoms with van der Waals surface area (Å²) in [6, 6.07) is 31.2. The Labute approximate surface area is 301 Å². The predicted molar refractivity (Wildman–Crippen MR) is 197 cm³/mol. The van der Waals surface area contributed by atoms with Gasteiger partial charge in [0.25, 0.3) is 0 Å². The first-order valence-corrected chi connectivity index (χ1v) is 17.9. The molecule has 1 saturated heterocycles. The molecule has 0 unspecified atom stereocenters. The van der Waals surface area contributed by atoms with Crippen LogP contribution in [0.3, 0.4) is 0 Å². The number of rotatable bonds is 14. The lowest BCUT2D eigenvalue weighted by atomic mass is 9.99. The van der Waals surface area contributed by atoms with E-state index in [0.717, 1.165) is 38.5 Å². The third-order valence-electron chi connectivity index (χ3n) is 8.66. The van der Waals surface area contributed by atoms with Crippen molar-refractivity contribution in [2.24, 2.45) is 7.05 Å². The third kappa shape index (κ3) is 9.83. The lowest BCUT2D eigenvalue weighted by Gasteiger charge is -2.36. The molecule has 5 N–H and O–H groups in total. The number of hydrogen-bond donors (Lipinski definition) is 4. The van der Waals surface area contributed by atoms with Crippen molar-refractivity contribution in [2.75, 3.05) is 16.8 Å². The molecule has 5 aromatic rings. The van der Waals surface area contributed by atoms with Crippen LogP contribution in [0.25, 0.3) is 11.1 Å². The zero-order valence-corrected chi connectivity index (χ0v) is 29.2. The Kier molecular flexibility index (Phi) is 12.1. The minimum atomic E-state index is -0.565. The fraction of sp³-hybridized carbons (Fsp3) is 0.282. The number of nitrogens with zero attached hydrogens (tertiary/aromatic N) is 3. The summed E-state index contributed by atoms with van der Waals surface area (Å²) in [7, 11) is 1.92. The first-order chi connectivity index (χ1) is 24.8. The number of amides is 2. The maximum absolute atomic E-state index is 12.5. The highest BCUT2D eigenvalue weighted by atomic mass is 32.2. The summed E-state index contributed by atoms with van der Waals surface area (Å²) >= 11 is 1.60. The molecular weight excluding hydrogens is 665 g/mol. The molecule has 1 aliphatic heterocycles. The quantitative estimate of drug-likeness (QED) is 0.0768. The number of carbonyl (C=O) groups is 2. The molecule has 1 fully saturated rings. The second-order valence-corrected chi connectivity index (χ2v) is 13.5. The number of hydrogen-bond acceptors (Lipinski definition) is 9. The van der Waals surface area contributed by atoms with E-state index in [2.05, 4.69) is 39.0 Å². The van der Waals surface area contributed by atoms with E-state index in [4.69, 9.17) is 15.2 Å². The monoisotopic (exact) mass is 706 g/mol. The molecule has 2 amide bonds. The number of ether oxygens (including phenoxy) is 2. The van der Waals surface area contributed by atoms with Crippen LogP contribution in [0, 0.1) is 0 Å². The number of aryl methyl sites for hydroxylation is 1. The van der Waals surface area contributed by atoms with E-state index < -0.39 is 6.29 Å². The van der Waals surface area contributed by atoms with Crippen LogP contribution < -0.4 is 16.4 Å². The molecule has 2 heterocycles. The summed E-state index contributed by atoms with van der Waals surface area (Å²) < 4.78 is 14.9. The molecule has 264 valence electrons. The molecule has 0 aliphatic carbocycles. The Bertz CT molecular complexity index is 1920. The molecule has 1 aliphatic rings. The molecule has 6 rings (SSSR count). The molecule has 3 atom stereocenters. The van der Waals surface area contributed by atoms with E-state index in [1.165, 1.54) is 0 Å². The zero-order chi connectivity index (χ0) is 35.6. The number of benzene rings is 4. The van der Waals surface area contributed by atoms with Crippen LogP contribution >= 0.6 is 11.8 Å². The average Bonchev–Trinajstić information content (AvgIpc) is 3.58. The minimum absolute atomic E-state index is 0.00755. The second-order valence-electron chi connectivity index (χ2n) is 12.5. The van der Waals surface area contributed by atoms with Crippen LogP contribution in [-0.2, 0) is 39.3 Å². The lowest BCUT2D eigenvalue weighted by molar-refractivity contribution is -0.245. The molecule has 51 heavy (non-hydrogen) atoms. The topological polar surface area (TPSA) is 154 Å². The van der Waals surface area contributed by atoms with Gasteiger partial charge in [-0.2, -0.15) is 0 Å². The molecule has 4 aromatic carbocycles. The summed E-state index contributed by atoms with van der Waals surface area (Å²) in [6.45, 7) is 0.377. The normalized spacial score (nSPS) is 17.2. The van der Waals surface area contributed by atoms with Crippen molar-refractivity contribution >= 4 is 35.0 Å². The highest BCUT2D eigenvalue weighted by Gasteiger charge is 2.32. The number of anilines is 2. The van der Waals surface area contributed by atoms with Gasteiger partial charge in [0.1, 0.15) is 6.33 Å². The average molecular weight is 707 g/mol. The van der Waals surface area contributed by atoms with Gasteiger partial charge in [-0.25, -0.2) is 0 Å². The highest BCUT2D eigenvalue weighted by molar-refractivity contribution is 7.99. The fourth-order valence-electron chi connectivity index (χ4n) is 5.81. The number of aromatic nitrogens is 3. The van der Waals surface area contributed by atoms with Crippen LogP contribution in [0.15, 0.2) is 109 Å². The minimum Gasteiger partial charge on any atom is -0.397 e. The van der Waals surface area contributed by atoms with Crippen molar-refractivity contribution in [1.82, 2.24) is 20.1 Å². The number of nitrogens with one attached hydrogen (secondary N) is 2. The molecule has 11 nitrogen and oxygen atoms in total. The Hall–Kier alpha value is -5.01. The van der Waals surface area contributed by atoms with Crippen LogP contribution in [0.2, 0.25) is 0 Å². The summed E-state index contributed by atoms with van der Waals surface area (Å²) in [4.78, 5) is 24.8. The van der Waals surface area contributed by atoms with Gasteiger partial charge in [0, 0.05) is 44.2 Å². The van der Waals surface area contributed by atoms with Gasteiger partial charge in [0.2, 0.25) is 11.8 Å². The molecular formula is C39H42N6O5S. The molecule has 0 bridgehead atoms. The largest absolute Gasteiger partial charge is 0.397 e. The van der Waals surface area contributed by atoms with Crippen molar-refractivity contribution in [1.29, 1.82) is 0 Å². The maximum Gasteiger partial charge on any atom is 0.224 e. The third-order valence-corrected chi connectivity index (χ3v) is 9.82. The van der Waals surface area contributed by atoms with Crippen LogP contribution in [0.1, 0.15) is 60.3 Å². The first kappa shape index (κ1) is 35.8. The van der Waals surface area contributed by atoms with Gasteiger partial charge in [-0.05, 0) is 52.4 Å². The summed E-state index contributed by atoms with van der Waals surface area (Å²) in [5.41, 5.74) is 12.8. The standard InChI is InChI=1S/C39H42N6O5S/c1-45-25-42-44-39(45)51-24-32-21-35(29-14-12-26(23-46)13-15-29)50-38(49-32)30-18-16-28(17-19-30)31-7-4-6-27(20-31)22-41-36(47)10-5-11-37(48)43-34-9-3-2-8-33(34)40/h2-4,6-9,12-20,25,32,35,38,46H,5,10-11,21-24,40H2,1H3,(H,41,47)(H,43,48)/t32-,35+,38+/m1/s1. The first-order valence-electron chi connectivity index (χ1n) is 16.9.